The van der Waals surface area contributed by atoms with Gasteiger partial charge in [0, 0.05) is 14.0 Å². The van der Waals surface area contributed by atoms with Crippen molar-refractivity contribution < 1.29 is 58.1 Å². The smallest absolute Gasteiger partial charge is 0.408 e. The maximum Gasteiger partial charge on any atom is 0.408 e. The first-order chi connectivity index (χ1) is 16.2. The van der Waals surface area contributed by atoms with E-state index in [2.05, 4.69) is 17.2 Å². The van der Waals surface area contributed by atoms with Crippen LogP contribution in [0.5, 0.6) is 0 Å². The molecule has 14 nitrogen and oxygen atoms in total. The Morgan fingerprint density at radius 2 is 1.82 bits per heavy atom. The summed E-state index contributed by atoms with van der Waals surface area (Å²) >= 11 is 0. The number of amides is 2. The number of aliphatic hydroxyl groups is 3. The molecular formula is C20H34N2O12. The van der Waals surface area contributed by atoms with Gasteiger partial charge in [0.05, 0.1) is 33.0 Å². The van der Waals surface area contributed by atoms with E-state index in [9.17, 15) is 29.7 Å². The van der Waals surface area contributed by atoms with Crippen molar-refractivity contribution in [3.63, 3.8) is 0 Å². The number of carbonyl (C=O) groups is 3. The molecule has 0 aromatic heterocycles. The third kappa shape index (κ3) is 10.3. The minimum atomic E-state index is -1.54. The largest absolute Gasteiger partial charge is 0.462 e. The lowest BCUT2D eigenvalue weighted by atomic mass is 9.97. The lowest BCUT2D eigenvalue weighted by Crippen LogP contribution is -2.65. The normalized spacial score (nSPS) is 25.1. The Bertz CT molecular complexity index is 649. The molecule has 0 unspecified atom stereocenters. The molecule has 196 valence electrons. The quantitative estimate of drug-likeness (QED) is 0.0910. The molecule has 1 aliphatic rings. The van der Waals surface area contributed by atoms with Crippen LogP contribution in [0.4, 0.5) is 4.79 Å². The van der Waals surface area contributed by atoms with Crippen LogP contribution in [0.25, 0.3) is 0 Å². The zero-order valence-corrected chi connectivity index (χ0v) is 19.2. The summed E-state index contributed by atoms with van der Waals surface area (Å²) in [6.07, 6.45) is -5.26. The van der Waals surface area contributed by atoms with Crippen molar-refractivity contribution in [2.24, 2.45) is 0 Å². The first kappa shape index (κ1) is 29.7. The van der Waals surface area contributed by atoms with E-state index < -0.39 is 67.9 Å². The van der Waals surface area contributed by atoms with Crippen molar-refractivity contribution in [3.05, 3.63) is 12.7 Å². The maximum absolute atomic E-state index is 12.5. The molecule has 1 rings (SSSR count). The van der Waals surface area contributed by atoms with E-state index in [4.69, 9.17) is 28.4 Å². The summed E-state index contributed by atoms with van der Waals surface area (Å²) in [5.41, 5.74) is 0. The van der Waals surface area contributed by atoms with Gasteiger partial charge in [-0.2, -0.15) is 0 Å². The average molecular weight is 494 g/mol. The summed E-state index contributed by atoms with van der Waals surface area (Å²) < 4.78 is 30.9. The van der Waals surface area contributed by atoms with Crippen LogP contribution in [0.1, 0.15) is 6.92 Å². The van der Waals surface area contributed by atoms with E-state index in [0.29, 0.717) is 13.2 Å². The Balaban J connectivity index is 2.81. The number of nitrogens with one attached hydrogen (secondary N) is 2. The Morgan fingerprint density at radius 3 is 2.44 bits per heavy atom. The summed E-state index contributed by atoms with van der Waals surface area (Å²) in [6.45, 7) is 3.96. The van der Waals surface area contributed by atoms with Crippen molar-refractivity contribution in [2.45, 2.75) is 43.6 Å². The Hall–Kier alpha value is -2.33. The highest BCUT2D eigenvalue weighted by Crippen LogP contribution is 2.22. The molecule has 6 atom stereocenters. The van der Waals surface area contributed by atoms with E-state index in [-0.39, 0.29) is 19.8 Å². The fraction of sp³-hybridized carbons (Fsp3) is 0.750. The van der Waals surface area contributed by atoms with E-state index in [1.807, 2.05) is 0 Å². The van der Waals surface area contributed by atoms with Crippen LogP contribution in [0.3, 0.4) is 0 Å². The number of aliphatic hydroxyl groups excluding tert-OH is 3. The van der Waals surface area contributed by atoms with Gasteiger partial charge in [-0.15, -0.1) is 0 Å². The highest BCUT2D eigenvalue weighted by molar-refractivity contribution is 5.81. The number of rotatable bonds is 15. The van der Waals surface area contributed by atoms with Crippen LogP contribution in [0.2, 0.25) is 0 Å². The van der Waals surface area contributed by atoms with Crippen LogP contribution < -0.4 is 10.6 Å². The van der Waals surface area contributed by atoms with Gasteiger partial charge in [0.2, 0.25) is 5.91 Å². The molecule has 1 aliphatic heterocycles. The molecule has 14 heteroatoms. The lowest BCUT2D eigenvalue weighted by Gasteiger charge is -2.42. The standard InChI is InChI=1S/C20H34N2O12/c1-4-5-32-20(28)22-13(18(27)31-9-8-30-7-6-29-3)11-33-19-15(21-12(2)24)17(26)16(25)14(10-23)34-19/h4,13-17,19,23,25-26H,1,5-11H2,2-3H3,(H,21,24)(H,22,28)/t13-,14+,15+,16-,17+,19-/m0/s1. The van der Waals surface area contributed by atoms with Crippen molar-refractivity contribution in [1.29, 1.82) is 0 Å². The van der Waals surface area contributed by atoms with Gasteiger partial charge in [-0.1, -0.05) is 12.7 Å². The van der Waals surface area contributed by atoms with E-state index in [1.54, 1.807) is 0 Å². The molecule has 34 heavy (non-hydrogen) atoms. The van der Waals surface area contributed by atoms with Crippen LogP contribution in [-0.2, 0) is 38.0 Å². The maximum atomic E-state index is 12.5. The molecule has 0 bridgehead atoms. The first-order valence-electron chi connectivity index (χ1n) is 10.5. The van der Waals surface area contributed by atoms with Crippen LogP contribution in [0.15, 0.2) is 12.7 Å². The van der Waals surface area contributed by atoms with Crippen LogP contribution in [0, 0.1) is 0 Å². The Morgan fingerprint density at radius 1 is 1.12 bits per heavy atom. The molecule has 1 saturated heterocycles. The van der Waals surface area contributed by atoms with E-state index >= 15 is 0 Å². The van der Waals surface area contributed by atoms with Gasteiger partial charge in [0.1, 0.15) is 37.6 Å². The van der Waals surface area contributed by atoms with Crippen LogP contribution >= 0.6 is 0 Å². The fourth-order valence-corrected chi connectivity index (χ4v) is 2.84. The van der Waals surface area contributed by atoms with Gasteiger partial charge in [-0.05, 0) is 0 Å². The Labute approximate surface area is 197 Å². The summed E-state index contributed by atoms with van der Waals surface area (Å²) in [6, 6.07) is -2.59. The second kappa shape index (κ2) is 16.3. The number of hydrogen-bond donors (Lipinski definition) is 5. The van der Waals surface area contributed by atoms with Crippen LogP contribution in [-0.4, -0.2) is 123 Å². The summed E-state index contributed by atoms with van der Waals surface area (Å²) in [5.74, 6) is -1.43. The minimum Gasteiger partial charge on any atom is -0.462 e. The number of hydrogen-bond acceptors (Lipinski definition) is 12. The predicted molar refractivity (Wildman–Crippen MR) is 113 cm³/mol. The molecule has 1 fully saturated rings. The second-order valence-electron chi connectivity index (χ2n) is 7.12. The molecule has 5 N–H and O–H groups in total. The highest BCUT2D eigenvalue weighted by Gasteiger charge is 2.45. The average Bonchev–Trinajstić information content (AvgIpc) is 2.81. The highest BCUT2D eigenvalue weighted by atomic mass is 16.7. The molecule has 0 aliphatic carbocycles. The van der Waals surface area contributed by atoms with Gasteiger partial charge in [0.25, 0.3) is 0 Å². The minimum absolute atomic E-state index is 0.0855. The summed E-state index contributed by atoms with van der Waals surface area (Å²) in [4.78, 5) is 36.0. The third-order valence-electron chi connectivity index (χ3n) is 4.49. The number of carbonyl (C=O) groups excluding carboxylic acids is 3. The SMILES string of the molecule is C=CCOC(=O)N[C@@H](CO[C@H]1O[C@H](CO)[C@H](O)[C@H](O)[C@H]1NC(C)=O)C(=O)OCCOCCOC. The van der Waals surface area contributed by atoms with E-state index in [1.165, 1.54) is 20.1 Å². The molecule has 0 spiro atoms. The van der Waals surface area contributed by atoms with Crippen molar-refractivity contribution in [1.82, 2.24) is 10.6 Å². The molecule has 0 aromatic carbocycles. The van der Waals surface area contributed by atoms with Gasteiger partial charge in [-0.3, -0.25) is 4.79 Å². The number of alkyl carbamates (subject to hydrolysis) is 1. The molecule has 2 amide bonds. The number of esters is 1. The van der Waals surface area contributed by atoms with Gasteiger partial charge < -0.3 is 54.4 Å². The summed E-state index contributed by atoms with van der Waals surface area (Å²) in [5, 5.41) is 34.5. The van der Waals surface area contributed by atoms with Gasteiger partial charge >= 0.3 is 12.1 Å². The molecule has 1 heterocycles. The summed E-state index contributed by atoms with van der Waals surface area (Å²) in [7, 11) is 1.51. The zero-order chi connectivity index (χ0) is 25.5. The monoisotopic (exact) mass is 494 g/mol. The molecule has 0 saturated carbocycles. The van der Waals surface area contributed by atoms with Crippen molar-refractivity contribution >= 4 is 18.0 Å². The number of ether oxygens (including phenoxy) is 6. The second-order valence-corrected chi connectivity index (χ2v) is 7.12. The topological polar surface area (TPSA) is 191 Å². The predicted octanol–water partition coefficient (Wildman–Crippen LogP) is -2.57. The number of methoxy groups -OCH3 is 1. The zero-order valence-electron chi connectivity index (χ0n) is 19.2. The third-order valence-corrected chi connectivity index (χ3v) is 4.49. The van der Waals surface area contributed by atoms with Crippen molar-refractivity contribution in [2.75, 3.05) is 53.4 Å². The van der Waals surface area contributed by atoms with E-state index in [0.717, 1.165) is 0 Å². The Kier molecular flexibility index (Phi) is 14.3. The first-order valence-corrected chi connectivity index (χ1v) is 10.5. The van der Waals surface area contributed by atoms with Gasteiger partial charge in [0.15, 0.2) is 12.3 Å². The fourth-order valence-electron chi connectivity index (χ4n) is 2.84. The molecule has 0 aromatic rings. The molecular weight excluding hydrogens is 460 g/mol. The molecule has 0 radical (unpaired) electrons. The lowest BCUT2D eigenvalue weighted by molar-refractivity contribution is -0.271. The van der Waals surface area contributed by atoms with Crippen molar-refractivity contribution in [3.8, 4) is 0 Å². The van der Waals surface area contributed by atoms with Gasteiger partial charge in [-0.25, -0.2) is 9.59 Å².